The van der Waals surface area contributed by atoms with Crippen molar-refractivity contribution in [3.8, 4) is 11.5 Å². The molecule has 0 aliphatic rings. The summed E-state index contributed by atoms with van der Waals surface area (Å²) in [6, 6.07) is 5.41. The second kappa shape index (κ2) is 8.38. The molecule has 0 unspecified atom stereocenters. The summed E-state index contributed by atoms with van der Waals surface area (Å²) in [7, 11) is 0. The molecule has 0 saturated carbocycles. The van der Waals surface area contributed by atoms with E-state index in [2.05, 4.69) is 10.5 Å². The number of amides is 1. The van der Waals surface area contributed by atoms with Crippen LogP contribution in [0.4, 0.5) is 5.69 Å². The molecule has 130 valence electrons. The molecule has 1 aromatic carbocycles. The van der Waals surface area contributed by atoms with E-state index in [4.69, 9.17) is 14.0 Å². The number of hydrogen-bond donors (Lipinski definition) is 1. The number of hydrogen-bond acceptors (Lipinski definition) is 5. The number of carbonyl (C=O) groups excluding carboxylic acids is 1. The molecule has 1 N–H and O–H groups in total. The largest absolute Gasteiger partial charge is 0.494 e. The van der Waals surface area contributed by atoms with Gasteiger partial charge in [0.05, 0.1) is 24.6 Å². The number of carbonyl (C=O) groups is 1. The molecule has 0 fully saturated rings. The van der Waals surface area contributed by atoms with E-state index in [9.17, 15) is 4.79 Å². The summed E-state index contributed by atoms with van der Waals surface area (Å²) in [5.74, 6) is 1.99. The normalized spacial score (nSPS) is 10.5. The van der Waals surface area contributed by atoms with Crippen molar-refractivity contribution in [2.24, 2.45) is 0 Å². The van der Waals surface area contributed by atoms with Gasteiger partial charge in [-0.2, -0.15) is 0 Å². The average molecular weight is 332 g/mol. The van der Waals surface area contributed by atoms with E-state index >= 15 is 0 Å². The standard InChI is InChI=1S/C18H24N2O4/c1-5-22-14-7-9-17(23-6-2)16(11-14)19-18(21)10-8-15-12(3)20-24-13(15)4/h7,9,11H,5-6,8,10H2,1-4H3,(H,19,21). The van der Waals surface area contributed by atoms with Gasteiger partial charge in [0, 0.05) is 18.1 Å². The molecule has 1 aromatic heterocycles. The predicted molar refractivity (Wildman–Crippen MR) is 91.7 cm³/mol. The van der Waals surface area contributed by atoms with Gasteiger partial charge in [-0.3, -0.25) is 4.79 Å². The lowest BCUT2D eigenvalue weighted by atomic mass is 10.1. The summed E-state index contributed by atoms with van der Waals surface area (Å²) in [5.41, 5.74) is 2.43. The van der Waals surface area contributed by atoms with Crippen LogP contribution < -0.4 is 14.8 Å². The van der Waals surface area contributed by atoms with Gasteiger partial charge >= 0.3 is 0 Å². The van der Waals surface area contributed by atoms with E-state index in [1.54, 1.807) is 12.1 Å². The first kappa shape index (κ1) is 17.8. The quantitative estimate of drug-likeness (QED) is 0.798. The van der Waals surface area contributed by atoms with Crippen molar-refractivity contribution in [1.82, 2.24) is 5.16 Å². The summed E-state index contributed by atoms with van der Waals surface area (Å²) in [4.78, 5) is 12.3. The smallest absolute Gasteiger partial charge is 0.224 e. The van der Waals surface area contributed by atoms with Crippen LogP contribution in [0.5, 0.6) is 11.5 Å². The molecule has 6 heteroatoms. The zero-order valence-corrected chi connectivity index (χ0v) is 14.6. The van der Waals surface area contributed by atoms with Crippen molar-refractivity contribution in [2.75, 3.05) is 18.5 Å². The summed E-state index contributed by atoms with van der Waals surface area (Å²) in [6.07, 6.45) is 0.926. The lowest BCUT2D eigenvalue weighted by molar-refractivity contribution is -0.116. The van der Waals surface area contributed by atoms with Crippen LogP contribution in [0.2, 0.25) is 0 Å². The Balaban J connectivity index is 2.05. The number of nitrogens with one attached hydrogen (secondary N) is 1. The summed E-state index contributed by atoms with van der Waals surface area (Å²) >= 11 is 0. The monoisotopic (exact) mass is 332 g/mol. The number of nitrogens with zero attached hydrogens (tertiary/aromatic N) is 1. The van der Waals surface area contributed by atoms with Crippen molar-refractivity contribution in [3.63, 3.8) is 0 Å². The Bertz CT molecular complexity index is 675. The van der Waals surface area contributed by atoms with Crippen molar-refractivity contribution in [1.29, 1.82) is 0 Å². The molecule has 0 atom stereocenters. The van der Waals surface area contributed by atoms with Gasteiger partial charge in [-0.25, -0.2) is 0 Å². The molecular formula is C18H24N2O4. The zero-order valence-electron chi connectivity index (χ0n) is 14.6. The van der Waals surface area contributed by atoms with E-state index in [-0.39, 0.29) is 5.91 Å². The first-order valence-electron chi connectivity index (χ1n) is 8.16. The number of aromatic nitrogens is 1. The minimum absolute atomic E-state index is 0.0930. The van der Waals surface area contributed by atoms with Crippen LogP contribution in [0.25, 0.3) is 0 Å². The molecule has 2 rings (SSSR count). The second-order valence-corrected chi connectivity index (χ2v) is 5.37. The van der Waals surface area contributed by atoms with E-state index in [1.807, 2.05) is 33.8 Å². The highest BCUT2D eigenvalue weighted by atomic mass is 16.5. The summed E-state index contributed by atoms with van der Waals surface area (Å²) < 4.78 is 16.2. The Morgan fingerprint density at radius 2 is 1.96 bits per heavy atom. The van der Waals surface area contributed by atoms with Crippen molar-refractivity contribution in [2.45, 2.75) is 40.5 Å². The topological polar surface area (TPSA) is 73.6 Å². The van der Waals surface area contributed by atoms with Crippen molar-refractivity contribution < 1.29 is 18.8 Å². The van der Waals surface area contributed by atoms with Crippen LogP contribution in [0.15, 0.2) is 22.7 Å². The van der Waals surface area contributed by atoms with Crippen LogP contribution in [-0.4, -0.2) is 24.3 Å². The van der Waals surface area contributed by atoms with Crippen LogP contribution in [0.1, 0.15) is 37.3 Å². The van der Waals surface area contributed by atoms with Gasteiger partial charge < -0.3 is 19.3 Å². The molecule has 0 bridgehead atoms. The fourth-order valence-corrected chi connectivity index (χ4v) is 2.45. The Kier molecular flexibility index (Phi) is 6.23. The third-order valence-corrected chi connectivity index (χ3v) is 3.62. The van der Waals surface area contributed by atoms with Gasteiger partial charge in [0.25, 0.3) is 0 Å². The molecule has 0 spiro atoms. The Morgan fingerprint density at radius 3 is 2.58 bits per heavy atom. The van der Waals surface area contributed by atoms with Gasteiger partial charge in [0.2, 0.25) is 5.91 Å². The maximum atomic E-state index is 12.3. The number of ether oxygens (including phenoxy) is 2. The number of benzene rings is 1. The first-order valence-corrected chi connectivity index (χ1v) is 8.16. The molecule has 1 heterocycles. The third kappa shape index (κ3) is 4.50. The van der Waals surface area contributed by atoms with Gasteiger partial charge in [0.1, 0.15) is 17.3 Å². The Hall–Kier alpha value is -2.50. The van der Waals surface area contributed by atoms with E-state index in [0.717, 1.165) is 17.0 Å². The fourth-order valence-electron chi connectivity index (χ4n) is 2.45. The lowest BCUT2D eigenvalue weighted by Crippen LogP contribution is -2.14. The molecule has 2 aromatic rings. The highest BCUT2D eigenvalue weighted by molar-refractivity contribution is 5.92. The third-order valence-electron chi connectivity index (χ3n) is 3.62. The second-order valence-electron chi connectivity index (χ2n) is 5.37. The molecule has 0 aliphatic heterocycles. The molecule has 6 nitrogen and oxygen atoms in total. The molecule has 0 radical (unpaired) electrons. The number of anilines is 1. The molecular weight excluding hydrogens is 308 g/mol. The molecule has 0 saturated heterocycles. The van der Waals surface area contributed by atoms with E-state index in [1.165, 1.54) is 0 Å². The van der Waals surface area contributed by atoms with Gasteiger partial charge in [-0.05, 0) is 46.2 Å². The predicted octanol–water partition coefficient (Wildman–Crippen LogP) is 3.66. The summed E-state index contributed by atoms with van der Waals surface area (Å²) in [6.45, 7) is 8.63. The van der Waals surface area contributed by atoms with Crippen LogP contribution in [0.3, 0.4) is 0 Å². The van der Waals surface area contributed by atoms with Gasteiger partial charge in [-0.1, -0.05) is 5.16 Å². The van der Waals surface area contributed by atoms with E-state index < -0.39 is 0 Å². The number of aryl methyl sites for hydroxylation is 2. The summed E-state index contributed by atoms with van der Waals surface area (Å²) in [5, 5.41) is 6.81. The molecule has 0 aliphatic carbocycles. The Morgan fingerprint density at radius 1 is 1.21 bits per heavy atom. The van der Waals surface area contributed by atoms with Crippen LogP contribution in [-0.2, 0) is 11.2 Å². The maximum Gasteiger partial charge on any atom is 0.224 e. The average Bonchev–Trinajstić information content (AvgIpc) is 2.87. The van der Waals surface area contributed by atoms with Gasteiger partial charge in [0.15, 0.2) is 0 Å². The highest BCUT2D eigenvalue weighted by Gasteiger charge is 2.13. The van der Waals surface area contributed by atoms with E-state index in [0.29, 0.717) is 43.2 Å². The van der Waals surface area contributed by atoms with Crippen LogP contribution in [0, 0.1) is 13.8 Å². The first-order chi connectivity index (χ1) is 11.5. The molecule has 24 heavy (non-hydrogen) atoms. The lowest BCUT2D eigenvalue weighted by Gasteiger charge is -2.13. The Labute approximate surface area is 142 Å². The van der Waals surface area contributed by atoms with Crippen molar-refractivity contribution in [3.05, 3.63) is 35.2 Å². The zero-order chi connectivity index (χ0) is 17.5. The minimum Gasteiger partial charge on any atom is -0.494 e. The van der Waals surface area contributed by atoms with Gasteiger partial charge in [-0.15, -0.1) is 0 Å². The maximum absolute atomic E-state index is 12.3. The molecule has 1 amide bonds. The number of rotatable bonds is 8. The fraction of sp³-hybridized carbons (Fsp3) is 0.444. The van der Waals surface area contributed by atoms with Crippen molar-refractivity contribution >= 4 is 11.6 Å². The highest BCUT2D eigenvalue weighted by Crippen LogP contribution is 2.29. The minimum atomic E-state index is -0.0930. The SMILES string of the molecule is CCOc1ccc(OCC)c(NC(=O)CCc2c(C)noc2C)c1. The van der Waals surface area contributed by atoms with Crippen LogP contribution >= 0.6 is 0 Å².